The molecule has 0 spiro atoms. The van der Waals surface area contributed by atoms with E-state index in [0.29, 0.717) is 25.8 Å². The van der Waals surface area contributed by atoms with E-state index in [0.717, 1.165) is 0 Å². The molecule has 0 heterocycles. The number of carbonyl (C=O) groups is 1. The van der Waals surface area contributed by atoms with Gasteiger partial charge in [-0.3, -0.25) is 4.79 Å². The molecule has 0 saturated heterocycles. The maximum absolute atomic E-state index is 11.7. The maximum Gasteiger partial charge on any atom is 0.249 e. The van der Waals surface area contributed by atoms with Crippen LogP contribution in [-0.2, 0) is 4.79 Å². The number of rotatable bonds is 8. The second-order valence-corrected chi connectivity index (χ2v) is 5.52. The van der Waals surface area contributed by atoms with E-state index in [2.05, 4.69) is 5.32 Å². The molecule has 0 aromatic heterocycles. The average Bonchev–Trinajstić information content (AvgIpc) is 2.37. The van der Waals surface area contributed by atoms with Crippen LogP contribution in [0.4, 0.5) is 0 Å². The van der Waals surface area contributed by atoms with E-state index >= 15 is 0 Å². The first-order valence-corrected chi connectivity index (χ1v) is 6.51. The Morgan fingerprint density at radius 2 is 1.78 bits per heavy atom. The van der Waals surface area contributed by atoms with Crippen molar-refractivity contribution in [2.45, 2.75) is 58.7 Å². The lowest BCUT2D eigenvalue weighted by Crippen LogP contribution is -2.46. The van der Waals surface area contributed by atoms with Gasteiger partial charge in [-0.15, -0.1) is 0 Å². The second kappa shape index (κ2) is 7.07. The van der Waals surface area contributed by atoms with Crippen LogP contribution in [0.3, 0.4) is 0 Å². The summed E-state index contributed by atoms with van der Waals surface area (Å²) in [5.41, 5.74) is -1.62. The van der Waals surface area contributed by atoms with Gasteiger partial charge in [0.15, 0.2) is 0 Å². The monoisotopic (exact) mass is 261 g/mol. The summed E-state index contributed by atoms with van der Waals surface area (Å²) in [4.78, 5) is 11.7. The molecule has 5 heteroatoms. The minimum absolute atomic E-state index is 0.268. The lowest BCUT2D eigenvalue weighted by molar-refractivity contribution is -0.137. The Morgan fingerprint density at radius 1 is 1.28 bits per heavy atom. The number of carbonyl (C=O) groups excluding carboxylic acids is 1. The van der Waals surface area contributed by atoms with E-state index in [1.54, 1.807) is 13.8 Å². The predicted octanol–water partition coefficient (Wildman–Crippen LogP) is 0.423. The smallest absolute Gasteiger partial charge is 0.249 e. The largest absolute Gasteiger partial charge is 0.396 e. The molecular weight excluding hydrogens is 234 g/mol. The van der Waals surface area contributed by atoms with Crippen LogP contribution in [0.2, 0.25) is 0 Å². The molecule has 0 rings (SSSR count). The fourth-order valence-electron chi connectivity index (χ4n) is 1.56. The van der Waals surface area contributed by atoms with Crippen LogP contribution < -0.4 is 5.32 Å². The average molecular weight is 261 g/mol. The van der Waals surface area contributed by atoms with Crippen LogP contribution in [0.25, 0.3) is 0 Å². The highest BCUT2D eigenvalue weighted by atomic mass is 16.3. The van der Waals surface area contributed by atoms with Crippen molar-refractivity contribution in [3.8, 4) is 0 Å². The minimum Gasteiger partial charge on any atom is -0.396 e. The Bertz CT molecular complexity index is 262. The molecule has 1 atom stereocenters. The fourth-order valence-corrected chi connectivity index (χ4v) is 1.56. The van der Waals surface area contributed by atoms with Crippen molar-refractivity contribution in [1.82, 2.24) is 5.32 Å². The van der Waals surface area contributed by atoms with E-state index in [1.807, 2.05) is 13.8 Å². The van der Waals surface area contributed by atoms with Gasteiger partial charge in [0.05, 0.1) is 12.2 Å². The van der Waals surface area contributed by atoms with E-state index < -0.39 is 23.0 Å². The molecule has 0 aliphatic carbocycles. The molecule has 4 N–H and O–H groups in total. The van der Waals surface area contributed by atoms with Gasteiger partial charge in [-0.25, -0.2) is 0 Å². The van der Waals surface area contributed by atoms with Crippen molar-refractivity contribution >= 4 is 5.91 Å². The van der Waals surface area contributed by atoms with E-state index in [9.17, 15) is 15.0 Å². The highest BCUT2D eigenvalue weighted by Gasteiger charge is 2.33. The van der Waals surface area contributed by atoms with Gasteiger partial charge in [-0.2, -0.15) is 0 Å². The molecule has 0 radical (unpaired) electrons. The molecule has 0 aromatic rings. The predicted molar refractivity (Wildman–Crippen MR) is 70.0 cm³/mol. The lowest BCUT2D eigenvalue weighted by atomic mass is 9.87. The highest BCUT2D eigenvalue weighted by molar-refractivity contribution is 5.81. The zero-order valence-electron chi connectivity index (χ0n) is 11.9. The van der Waals surface area contributed by atoms with Crippen LogP contribution in [0.15, 0.2) is 0 Å². The molecule has 0 aliphatic heterocycles. The molecule has 108 valence electrons. The third kappa shape index (κ3) is 4.92. The van der Waals surface area contributed by atoms with Gasteiger partial charge in [0.2, 0.25) is 5.91 Å². The van der Waals surface area contributed by atoms with Crippen molar-refractivity contribution in [1.29, 1.82) is 0 Å². The SMILES string of the molecule is CCC(O)(CC)CCNC(=O)[C@H](O)C(C)(C)CO. The minimum atomic E-state index is -1.25. The van der Waals surface area contributed by atoms with Crippen molar-refractivity contribution < 1.29 is 20.1 Å². The summed E-state index contributed by atoms with van der Waals surface area (Å²) in [6.45, 7) is 7.08. The number of aliphatic hydroxyl groups is 3. The molecular formula is C13H27NO4. The van der Waals surface area contributed by atoms with Crippen LogP contribution in [0.1, 0.15) is 47.0 Å². The summed E-state index contributed by atoms with van der Waals surface area (Å²) in [5.74, 6) is -0.511. The standard InChI is InChI=1S/C13H27NO4/c1-5-13(18,6-2)7-8-14-11(17)10(16)12(3,4)9-15/h10,15-16,18H,5-9H2,1-4H3,(H,14,17)/t10-/m0/s1. The van der Waals surface area contributed by atoms with Gasteiger partial charge in [0, 0.05) is 12.0 Å². The van der Waals surface area contributed by atoms with Gasteiger partial charge < -0.3 is 20.6 Å². The van der Waals surface area contributed by atoms with E-state index in [4.69, 9.17) is 5.11 Å². The van der Waals surface area contributed by atoms with Crippen molar-refractivity contribution in [3.05, 3.63) is 0 Å². The van der Waals surface area contributed by atoms with Crippen LogP contribution in [-0.4, -0.2) is 46.1 Å². The highest BCUT2D eigenvalue weighted by Crippen LogP contribution is 2.20. The summed E-state index contributed by atoms with van der Waals surface area (Å²) in [6, 6.07) is 0. The third-order valence-electron chi connectivity index (χ3n) is 3.60. The Morgan fingerprint density at radius 3 is 2.17 bits per heavy atom. The molecule has 18 heavy (non-hydrogen) atoms. The normalized spacial score (nSPS) is 14.4. The quantitative estimate of drug-likeness (QED) is 0.510. The van der Waals surface area contributed by atoms with Crippen molar-refractivity contribution in [2.75, 3.05) is 13.2 Å². The van der Waals surface area contributed by atoms with Gasteiger partial charge >= 0.3 is 0 Å². The fraction of sp³-hybridized carbons (Fsp3) is 0.923. The first kappa shape index (κ1) is 17.4. The summed E-state index contributed by atoms with van der Waals surface area (Å²) < 4.78 is 0. The molecule has 0 fully saturated rings. The second-order valence-electron chi connectivity index (χ2n) is 5.52. The zero-order valence-corrected chi connectivity index (χ0v) is 11.9. The van der Waals surface area contributed by atoms with Crippen molar-refractivity contribution in [3.63, 3.8) is 0 Å². The number of amides is 1. The first-order valence-electron chi connectivity index (χ1n) is 6.51. The third-order valence-corrected chi connectivity index (χ3v) is 3.60. The van der Waals surface area contributed by atoms with Gasteiger partial charge in [0.1, 0.15) is 6.10 Å². The molecule has 5 nitrogen and oxygen atoms in total. The first-order chi connectivity index (χ1) is 8.22. The summed E-state index contributed by atoms with van der Waals surface area (Å²) in [5, 5.41) is 31.4. The van der Waals surface area contributed by atoms with Crippen LogP contribution in [0, 0.1) is 5.41 Å². The van der Waals surface area contributed by atoms with Crippen LogP contribution >= 0.6 is 0 Å². The van der Waals surface area contributed by atoms with E-state index in [1.165, 1.54) is 0 Å². The summed E-state index contributed by atoms with van der Waals surface area (Å²) in [6.07, 6.45) is 0.463. The topological polar surface area (TPSA) is 89.8 Å². The van der Waals surface area contributed by atoms with Crippen molar-refractivity contribution in [2.24, 2.45) is 5.41 Å². The molecule has 1 amide bonds. The summed E-state index contributed by atoms with van der Waals surface area (Å²) in [7, 11) is 0. The molecule has 0 unspecified atom stereocenters. The Labute approximate surface area is 109 Å². The van der Waals surface area contributed by atoms with E-state index in [-0.39, 0.29) is 6.61 Å². The van der Waals surface area contributed by atoms with Crippen LogP contribution in [0.5, 0.6) is 0 Å². The number of nitrogens with one attached hydrogen (secondary N) is 1. The summed E-state index contributed by atoms with van der Waals surface area (Å²) >= 11 is 0. The Kier molecular flexibility index (Phi) is 6.81. The van der Waals surface area contributed by atoms with Gasteiger partial charge in [0.25, 0.3) is 0 Å². The maximum atomic E-state index is 11.7. The van der Waals surface area contributed by atoms with Gasteiger partial charge in [-0.1, -0.05) is 27.7 Å². The van der Waals surface area contributed by atoms with Gasteiger partial charge in [-0.05, 0) is 19.3 Å². The molecule has 0 aliphatic rings. The number of hydrogen-bond donors (Lipinski definition) is 4. The molecule has 0 saturated carbocycles. The number of hydrogen-bond acceptors (Lipinski definition) is 4. The number of aliphatic hydroxyl groups excluding tert-OH is 2. The zero-order chi connectivity index (χ0) is 14.4. The molecule has 0 bridgehead atoms. The Hall–Kier alpha value is -0.650. The lowest BCUT2D eigenvalue weighted by Gasteiger charge is -2.28. The molecule has 0 aromatic carbocycles. The Balaban J connectivity index is 4.20.